The highest BCUT2D eigenvalue weighted by molar-refractivity contribution is 7.20. The molecule has 0 bridgehead atoms. The Balaban J connectivity index is 2.08. The van der Waals surface area contributed by atoms with E-state index in [9.17, 15) is 0 Å². The number of anilines is 3. The second kappa shape index (κ2) is 8.18. The zero-order chi connectivity index (χ0) is 24.2. The lowest BCUT2D eigenvalue weighted by molar-refractivity contribution is 1.13. The highest BCUT2D eigenvalue weighted by atomic mass is 28.5. The van der Waals surface area contributed by atoms with Crippen molar-refractivity contribution in [2.24, 2.45) is 0 Å². The predicted octanol–water partition coefficient (Wildman–Crippen LogP) is 7.55. The van der Waals surface area contributed by atoms with Crippen molar-refractivity contribution in [1.82, 2.24) is 0 Å². The van der Waals surface area contributed by atoms with E-state index in [0.29, 0.717) is 0 Å². The summed E-state index contributed by atoms with van der Waals surface area (Å²) < 4.78 is 8.77. The Hall–Kier alpha value is -2.29. The van der Waals surface area contributed by atoms with E-state index in [-0.39, 0.29) is 0 Å². The molecule has 174 valence electrons. The Bertz CT molecular complexity index is 1010. The van der Waals surface area contributed by atoms with Crippen molar-refractivity contribution in [2.45, 2.75) is 60.1 Å². The molecule has 0 spiro atoms. The molecule has 1 aliphatic heterocycles. The van der Waals surface area contributed by atoms with Crippen molar-refractivity contribution in [2.75, 3.05) is 12.7 Å². The number of para-hydroxylation sites is 3. The largest absolute Gasteiger partial charge is 0.393 e. The van der Waals surface area contributed by atoms with Gasteiger partial charge in [-0.2, -0.15) is 0 Å². The number of benzene rings is 3. The standard InChI is InChI=1S/C27H39N3Si3/c1-22-16-10-13-19-25(22)28-31(4,5)29(26-20-14-11-17-23(26)2)33(8,9)30(32(28,6)7)27-21-15-12-18-24(27)3/h10-21H,1-9H3. The molecule has 0 N–H and O–H groups in total. The van der Waals surface area contributed by atoms with Crippen molar-refractivity contribution in [3.05, 3.63) is 89.5 Å². The molecule has 0 saturated carbocycles. The maximum atomic E-state index is 2.92. The molecule has 1 fully saturated rings. The van der Waals surface area contributed by atoms with Crippen molar-refractivity contribution in [3.8, 4) is 0 Å². The van der Waals surface area contributed by atoms with Gasteiger partial charge in [0.15, 0.2) is 0 Å². The molecule has 3 aromatic carbocycles. The second-order valence-corrected chi connectivity index (χ2v) is 23.8. The third-order valence-corrected chi connectivity index (χ3v) is 25.2. The van der Waals surface area contributed by atoms with Gasteiger partial charge < -0.3 is 12.7 Å². The van der Waals surface area contributed by atoms with Crippen LogP contribution in [0.15, 0.2) is 72.8 Å². The van der Waals surface area contributed by atoms with Crippen LogP contribution in [-0.4, -0.2) is 25.2 Å². The van der Waals surface area contributed by atoms with Gasteiger partial charge in [-0.25, -0.2) is 0 Å². The van der Waals surface area contributed by atoms with E-state index in [0.717, 1.165) is 0 Å². The Labute approximate surface area is 204 Å². The quantitative estimate of drug-likeness (QED) is 0.352. The molecule has 3 nitrogen and oxygen atoms in total. The van der Waals surface area contributed by atoms with Crippen LogP contribution in [0.2, 0.25) is 39.3 Å². The van der Waals surface area contributed by atoms with Gasteiger partial charge in [0.25, 0.3) is 0 Å². The smallest absolute Gasteiger partial charge is 0.244 e. The number of nitrogens with zero attached hydrogens (tertiary/aromatic N) is 3. The van der Waals surface area contributed by atoms with Crippen molar-refractivity contribution in [1.29, 1.82) is 0 Å². The minimum Gasteiger partial charge on any atom is -0.393 e. The van der Waals surface area contributed by atoms with Gasteiger partial charge in [-0.3, -0.25) is 0 Å². The van der Waals surface area contributed by atoms with Crippen molar-refractivity contribution < 1.29 is 0 Å². The Kier molecular flexibility index (Phi) is 5.91. The van der Waals surface area contributed by atoms with Gasteiger partial charge in [0.2, 0.25) is 25.2 Å². The average molecular weight is 490 g/mol. The van der Waals surface area contributed by atoms with E-state index in [1.54, 1.807) is 0 Å². The fraction of sp³-hybridized carbons (Fsp3) is 0.333. The van der Waals surface area contributed by atoms with Gasteiger partial charge in [0, 0.05) is 17.1 Å². The summed E-state index contributed by atoms with van der Waals surface area (Å²) in [6, 6.07) is 27.0. The molecule has 0 aliphatic carbocycles. The van der Waals surface area contributed by atoms with Gasteiger partial charge in [0.05, 0.1) is 0 Å². The summed E-state index contributed by atoms with van der Waals surface area (Å²) in [4.78, 5) is 0. The summed E-state index contributed by atoms with van der Waals surface area (Å²) in [6.45, 7) is 22.3. The zero-order valence-corrected chi connectivity index (χ0v) is 24.8. The lowest BCUT2D eigenvalue weighted by atomic mass is 10.2. The highest BCUT2D eigenvalue weighted by Crippen LogP contribution is 2.47. The normalized spacial score (nSPS) is 19.0. The molecule has 1 saturated heterocycles. The topological polar surface area (TPSA) is 9.72 Å². The number of rotatable bonds is 3. The van der Waals surface area contributed by atoms with E-state index >= 15 is 0 Å². The Morgan fingerprint density at radius 2 is 0.606 bits per heavy atom. The molecule has 1 heterocycles. The van der Waals surface area contributed by atoms with E-state index in [4.69, 9.17) is 0 Å². The maximum absolute atomic E-state index is 2.92. The molecule has 0 amide bonds. The molecular formula is C27H39N3Si3. The summed E-state index contributed by atoms with van der Waals surface area (Å²) in [5.41, 5.74) is 8.34. The number of hydrogen-bond donors (Lipinski definition) is 0. The summed E-state index contributed by atoms with van der Waals surface area (Å²) in [6.07, 6.45) is 0. The highest BCUT2D eigenvalue weighted by Gasteiger charge is 2.62. The summed E-state index contributed by atoms with van der Waals surface area (Å²) in [5.74, 6) is 0. The van der Waals surface area contributed by atoms with Crippen LogP contribution in [0.4, 0.5) is 17.1 Å². The summed E-state index contributed by atoms with van der Waals surface area (Å²) in [5, 5.41) is 0. The van der Waals surface area contributed by atoms with Crippen molar-refractivity contribution >= 4 is 42.3 Å². The van der Waals surface area contributed by atoms with Crippen LogP contribution in [-0.2, 0) is 0 Å². The fourth-order valence-corrected chi connectivity index (χ4v) is 30.9. The molecule has 0 aromatic heterocycles. The van der Waals surface area contributed by atoms with E-state index in [1.807, 2.05) is 0 Å². The first-order valence-corrected chi connectivity index (χ1v) is 20.7. The van der Waals surface area contributed by atoms with Gasteiger partial charge >= 0.3 is 0 Å². The predicted molar refractivity (Wildman–Crippen MR) is 153 cm³/mol. The van der Waals surface area contributed by atoms with Gasteiger partial charge in [-0.15, -0.1) is 0 Å². The summed E-state index contributed by atoms with van der Waals surface area (Å²) >= 11 is 0. The minimum absolute atomic E-state index is 1.37. The van der Waals surface area contributed by atoms with Crippen LogP contribution in [0.1, 0.15) is 16.7 Å². The molecule has 0 unspecified atom stereocenters. The van der Waals surface area contributed by atoms with Crippen LogP contribution in [0.3, 0.4) is 0 Å². The zero-order valence-electron chi connectivity index (χ0n) is 21.8. The van der Waals surface area contributed by atoms with Crippen molar-refractivity contribution in [3.63, 3.8) is 0 Å². The monoisotopic (exact) mass is 489 g/mol. The SMILES string of the molecule is Cc1ccccc1N1[Si](C)(C)N(c2ccccc2C)[Si](C)(C)N(c2ccccc2C)[Si]1(C)C. The molecular weight excluding hydrogens is 451 g/mol. The fourth-order valence-electron chi connectivity index (χ4n) is 6.52. The molecule has 3 aromatic rings. The molecule has 0 radical (unpaired) electrons. The van der Waals surface area contributed by atoms with E-state index in [2.05, 4.69) is 146 Å². The van der Waals surface area contributed by atoms with Crippen LogP contribution < -0.4 is 12.7 Å². The maximum Gasteiger partial charge on any atom is 0.244 e. The second-order valence-electron chi connectivity index (χ2n) is 10.8. The first kappa shape index (κ1) is 23.9. The van der Waals surface area contributed by atoms with Crippen LogP contribution in [0.5, 0.6) is 0 Å². The van der Waals surface area contributed by atoms with Gasteiger partial charge in [-0.1, -0.05) is 54.6 Å². The first-order chi connectivity index (χ1) is 15.4. The molecule has 0 atom stereocenters. The Morgan fingerprint density at radius 3 is 0.818 bits per heavy atom. The lowest BCUT2D eigenvalue weighted by Crippen LogP contribution is -2.91. The van der Waals surface area contributed by atoms with E-state index < -0.39 is 25.2 Å². The first-order valence-electron chi connectivity index (χ1n) is 12.0. The summed E-state index contributed by atoms with van der Waals surface area (Å²) in [7, 11) is -6.32. The van der Waals surface area contributed by atoms with Crippen LogP contribution in [0, 0.1) is 20.8 Å². The average Bonchev–Trinajstić information content (AvgIpc) is 2.71. The molecule has 4 rings (SSSR count). The van der Waals surface area contributed by atoms with Crippen LogP contribution in [0.25, 0.3) is 0 Å². The van der Waals surface area contributed by atoms with Crippen LogP contribution >= 0.6 is 0 Å². The minimum atomic E-state index is -2.11. The third kappa shape index (κ3) is 3.68. The number of hydrogen-bond acceptors (Lipinski definition) is 3. The lowest BCUT2D eigenvalue weighted by Gasteiger charge is -2.69. The third-order valence-electron chi connectivity index (χ3n) is 7.35. The van der Waals surface area contributed by atoms with Gasteiger partial charge in [-0.05, 0) is 94.9 Å². The van der Waals surface area contributed by atoms with Gasteiger partial charge in [0.1, 0.15) is 0 Å². The molecule has 6 heteroatoms. The molecule has 1 aliphatic rings. The van der Waals surface area contributed by atoms with E-state index in [1.165, 1.54) is 33.8 Å². The number of aryl methyl sites for hydroxylation is 3. The Morgan fingerprint density at radius 1 is 0.394 bits per heavy atom. The molecule has 33 heavy (non-hydrogen) atoms.